The number of carbonyl (C=O) groups is 4. The molecule has 2 unspecified atom stereocenters. The molecule has 23 nitrogen and oxygen atoms in total. The largest absolute Gasteiger partial charge is 0.839 e. The fourth-order valence-corrected chi connectivity index (χ4v) is 20.7. The molecule has 0 amide bonds. The second-order valence-corrected chi connectivity index (χ2v) is 33.4. The number of unbranched alkanes of at least 4 members (excludes halogenated alkanes) is 4. The van der Waals surface area contributed by atoms with Crippen molar-refractivity contribution in [3.05, 3.63) is 119 Å². The van der Waals surface area contributed by atoms with Crippen molar-refractivity contribution >= 4 is 108 Å². The number of esters is 4. The van der Waals surface area contributed by atoms with E-state index >= 15 is 0 Å². The molecule has 0 spiro atoms. The third kappa shape index (κ3) is 24.4. The zero-order chi connectivity index (χ0) is 62.7. The maximum absolute atomic E-state index is 14.5. The van der Waals surface area contributed by atoms with Crippen molar-refractivity contribution in [2.75, 3.05) is 71.4 Å². The minimum absolute atomic E-state index is 0.204. The number of hydrogen-bond donors (Lipinski definition) is 6. The van der Waals surface area contributed by atoms with Crippen molar-refractivity contribution < 1.29 is 51.2 Å². The molecular formula is C61H85N12O11Si3-. The molecule has 0 aliphatic heterocycles. The van der Waals surface area contributed by atoms with Gasteiger partial charge >= 0.3 is 32.4 Å². The topological polar surface area (TPSA) is 296 Å². The summed E-state index contributed by atoms with van der Waals surface area (Å²) >= 11 is 0. The number of anilines is 10. The average molecular weight is 1250 g/mol. The van der Waals surface area contributed by atoms with Gasteiger partial charge in [-0.05, 0) is 174 Å². The van der Waals surface area contributed by atoms with E-state index in [0.29, 0.717) is 103 Å². The molecule has 0 aliphatic carbocycles. The van der Waals surface area contributed by atoms with Crippen LogP contribution in [-0.4, -0.2) is 119 Å². The normalized spacial score (nSPS) is 12.6. The highest BCUT2D eigenvalue weighted by atomic mass is 28.5. The van der Waals surface area contributed by atoms with Gasteiger partial charge in [0.2, 0.25) is 35.7 Å². The highest BCUT2D eigenvalue weighted by molar-refractivity contribution is 6.86. The molecular weight excluding hydrogens is 1160 g/mol. The molecule has 468 valence electrons. The molecule has 0 saturated heterocycles. The molecule has 0 bridgehead atoms. The zero-order valence-electron chi connectivity index (χ0n) is 51.6. The fraction of sp³-hybridized carbons (Fsp3) is 0.443. The summed E-state index contributed by atoms with van der Waals surface area (Å²) in [6.07, 6.45) is 7.80. The van der Waals surface area contributed by atoms with E-state index in [1.165, 1.54) is 0 Å². The van der Waals surface area contributed by atoms with E-state index < -0.39 is 49.3 Å². The van der Waals surface area contributed by atoms with Gasteiger partial charge in [-0.1, -0.05) is 59.9 Å². The molecule has 6 rings (SSSR count). The fourth-order valence-electron chi connectivity index (χ4n) is 8.48. The van der Waals surface area contributed by atoms with Crippen molar-refractivity contribution in [1.29, 1.82) is 0 Å². The first-order chi connectivity index (χ1) is 41.7. The predicted molar refractivity (Wildman–Crippen MR) is 344 cm³/mol. The van der Waals surface area contributed by atoms with Crippen LogP contribution in [0.2, 0.25) is 44.8 Å². The van der Waals surface area contributed by atoms with Crippen molar-refractivity contribution in [3.8, 4) is 0 Å². The summed E-state index contributed by atoms with van der Waals surface area (Å²) in [4.78, 5) is 92.7. The summed E-state index contributed by atoms with van der Waals surface area (Å²) in [6.45, 7) is 20.2. The lowest BCUT2D eigenvalue weighted by Crippen LogP contribution is -2.60. The predicted octanol–water partition coefficient (Wildman–Crippen LogP) is 12.5. The van der Waals surface area contributed by atoms with Gasteiger partial charge < -0.3 is 63.9 Å². The lowest BCUT2D eigenvalue weighted by Gasteiger charge is -2.45. The standard InChI is InChI=1S/C61H85N12O11Si3/c1-10-14-38-79-52(74)44-20-28-48(29-21-44)64-58-68-56(69-59(72-58)65-49-30-22-45(23-31-49)53(75)80-39-15-11-2)62-36-18-42-86(8,78)84-87(9,83-85(5,6)7)43-19-37-63-57-70-60(66-50-32-24-46(25-33-50)54(76)81-40-16-12-3)73-61(71-57)67-51-34-26-47(27-35-51)55(77)82-41-17-13-4/h20-35H,10-19,36-43H2,1-9H3,(H3,62,64,65,68,69,72)(H3,63,66,67,70,71,73)/q-1. The van der Waals surface area contributed by atoms with Gasteiger partial charge in [0, 0.05) is 35.8 Å². The van der Waals surface area contributed by atoms with E-state index in [1.807, 2.05) is 34.2 Å². The minimum atomic E-state index is -3.59. The molecule has 6 aromatic rings. The van der Waals surface area contributed by atoms with Gasteiger partial charge in [-0.15, -0.1) is 0 Å². The third-order valence-electron chi connectivity index (χ3n) is 12.8. The molecule has 0 saturated carbocycles. The Labute approximate surface area is 514 Å². The highest BCUT2D eigenvalue weighted by Gasteiger charge is 2.39. The van der Waals surface area contributed by atoms with E-state index in [4.69, 9.17) is 27.2 Å². The van der Waals surface area contributed by atoms with Gasteiger partial charge in [0.1, 0.15) is 0 Å². The number of benzene rings is 4. The van der Waals surface area contributed by atoms with Gasteiger partial charge in [-0.3, -0.25) is 0 Å². The number of aromatic nitrogens is 6. The van der Waals surface area contributed by atoms with E-state index in [2.05, 4.69) is 81.4 Å². The van der Waals surface area contributed by atoms with Crippen LogP contribution in [0.1, 0.15) is 133 Å². The molecule has 6 N–H and O–H groups in total. The van der Waals surface area contributed by atoms with Gasteiger partial charge in [-0.25, -0.2) is 19.2 Å². The van der Waals surface area contributed by atoms with Crippen LogP contribution in [0.4, 0.5) is 58.4 Å². The Morgan fingerprint density at radius 1 is 0.379 bits per heavy atom. The molecule has 4 aromatic carbocycles. The van der Waals surface area contributed by atoms with Gasteiger partial charge in [-0.2, -0.15) is 29.9 Å². The van der Waals surface area contributed by atoms with E-state index in [0.717, 1.165) is 51.4 Å². The molecule has 2 atom stereocenters. The Balaban J connectivity index is 1.11. The van der Waals surface area contributed by atoms with Crippen LogP contribution in [-0.2, 0) is 27.2 Å². The molecule has 26 heteroatoms. The quantitative estimate of drug-likeness (QED) is 0.00908. The average Bonchev–Trinajstić information content (AvgIpc) is 3.67. The first-order valence-electron chi connectivity index (χ1n) is 30.0. The monoisotopic (exact) mass is 1250 g/mol. The second kappa shape index (κ2) is 34.5. The highest BCUT2D eigenvalue weighted by Crippen LogP contribution is 2.28. The number of nitrogens with one attached hydrogen (secondary N) is 6. The van der Waals surface area contributed by atoms with Crippen LogP contribution in [0.25, 0.3) is 0 Å². The number of hydrogen-bond acceptors (Lipinski definition) is 23. The van der Waals surface area contributed by atoms with Crippen LogP contribution in [0, 0.1) is 0 Å². The van der Waals surface area contributed by atoms with E-state index in [1.54, 1.807) is 104 Å². The Bertz CT molecular complexity index is 2960. The molecule has 0 radical (unpaired) electrons. The van der Waals surface area contributed by atoms with Crippen LogP contribution in [0.5, 0.6) is 0 Å². The Hall–Kier alpha value is -7.89. The summed E-state index contributed by atoms with van der Waals surface area (Å²) in [5.74, 6) is -0.261. The Morgan fingerprint density at radius 2 is 0.644 bits per heavy atom. The van der Waals surface area contributed by atoms with E-state index in [-0.39, 0.29) is 41.7 Å². The summed E-state index contributed by atoms with van der Waals surface area (Å²) in [7, 11) is -8.87. The third-order valence-corrected chi connectivity index (χ3v) is 23.0. The first kappa shape index (κ1) is 68.2. The summed E-state index contributed by atoms with van der Waals surface area (Å²) in [5.41, 5.74) is 4.14. The summed E-state index contributed by atoms with van der Waals surface area (Å²) in [5, 5.41) is 19.4. The van der Waals surface area contributed by atoms with Crippen molar-refractivity contribution in [2.45, 2.75) is 137 Å². The zero-order valence-corrected chi connectivity index (χ0v) is 54.6. The van der Waals surface area contributed by atoms with Crippen molar-refractivity contribution in [3.63, 3.8) is 0 Å². The van der Waals surface area contributed by atoms with Crippen LogP contribution < -0.4 is 36.7 Å². The molecule has 2 heterocycles. The summed E-state index contributed by atoms with van der Waals surface area (Å²) in [6, 6.07) is 28.0. The lowest BCUT2D eigenvalue weighted by molar-refractivity contribution is -0.231. The number of carbonyl (C=O) groups excluding carboxylic acids is 4. The Kier molecular flexibility index (Phi) is 27.0. The van der Waals surface area contributed by atoms with Crippen LogP contribution in [0.3, 0.4) is 0 Å². The molecule has 87 heavy (non-hydrogen) atoms. The number of nitrogens with zero attached hydrogens (tertiary/aromatic N) is 6. The molecule has 0 fully saturated rings. The lowest BCUT2D eigenvalue weighted by atomic mass is 10.2. The van der Waals surface area contributed by atoms with Gasteiger partial charge in [0.25, 0.3) is 0 Å². The Morgan fingerprint density at radius 3 is 0.908 bits per heavy atom. The van der Waals surface area contributed by atoms with Gasteiger partial charge in [0.15, 0.2) is 8.32 Å². The SMILES string of the molecule is CCCCOC(=O)c1ccc(Nc2nc(NCCC[Si](C)([O-])O[Si](C)(CCCNc3nc(Nc4ccc(C(=O)OCCCC)cc4)nc(Nc4ccc(C(=O)OCCCC)cc4)n3)O[Si](C)(C)C)nc(Nc3ccc(C(=O)OCCCC)cc3)n2)cc1. The van der Waals surface area contributed by atoms with Crippen LogP contribution >= 0.6 is 0 Å². The van der Waals surface area contributed by atoms with Crippen LogP contribution in [0.15, 0.2) is 97.1 Å². The maximum Gasteiger partial charge on any atom is 0.338 e. The maximum atomic E-state index is 14.5. The smallest absolute Gasteiger partial charge is 0.338 e. The van der Waals surface area contributed by atoms with Crippen molar-refractivity contribution in [1.82, 2.24) is 29.9 Å². The second-order valence-electron chi connectivity index (χ2n) is 22.0. The number of rotatable bonds is 38. The van der Waals surface area contributed by atoms with Crippen molar-refractivity contribution in [2.24, 2.45) is 0 Å². The first-order valence-corrected chi connectivity index (χ1v) is 38.5. The molecule has 2 aromatic heterocycles. The summed E-state index contributed by atoms with van der Waals surface area (Å²) < 4.78 is 35.0. The molecule has 0 aliphatic rings. The van der Waals surface area contributed by atoms with E-state index in [9.17, 15) is 24.0 Å². The van der Waals surface area contributed by atoms with Gasteiger partial charge in [0.05, 0.1) is 57.2 Å². The minimum Gasteiger partial charge on any atom is -0.839 e. The number of ether oxygens (including phenoxy) is 4.